The fraction of sp³-hybridized carbons (Fsp3) is 0.256. The molecular formula is C43H42Cl2FN7O4. The second-order valence-corrected chi connectivity index (χ2v) is 14.8. The Bertz CT molecular complexity index is 2420. The number of aromatic nitrogens is 2. The first-order chi connectivity index (χ1) is 27.5. The first-order valence-electron chi connectivity index (χ1n) is 18.6. The monoisotopic (exact) mass is 809 g/mol. The van der Waals surface area contributed by atoms with Crippen molar-refractivity contribution in [2.75, 3.05) is 54.5 Å². The molecule has 8 rings (SSSR count). The van der Waals surface area contributed by atoms with Crippen LogP contribution in [0.15, 0.2) is 108 Å². The summed E-state index contributed by atoms with van der Waals surface area (Å²) in [5.41, 5.74) is 7.54. The molecule has 4 aromatic carbocycles. The van der Waals surface area contributed by atoms with Gasteiger partial charge in [0.1, 0.15) is 11.9 Å². The molecule has 0 radical (unpaired) electrons. The SMILES string of the molecule is CC(=O)NC[C@H]1CN(c2ccc(N3CCOCC3)c(F)c2)C(=O)O1.CC(C)N=c1cc2n(-c3ccc(Cl)cc3)c3ccccc3nc-2cc1Nc1ccc(Cl)cc1. The summed E-state index contributed by atoms with van der Waals surface area (Å²) < 4.78 is 27.1. The number of para-hydroxylation sites is 2. The van der Waals surface area contributed by atoms with Gasteiger partial charge < -0.3 is 29.6 Å². The van der Waals surface area contributed by atoms with E-state index in [0.29, 0.717) is 47.7 Å². The number of hydrogen-bond donors (Lipinski definition) is 2. The van der Waals surface area contributed by atoms with Gasteiger partial charge in [-0.15, -0.1) is 0 Å². The van der Waals surface area contributed by atoms with Crippen molar-refractivity contribution in [1.29, 1.82) is 0 Å². The van der Waals surface area contributed by atoms with E-state index in [1.165, 1.54) is 17.9 Å². The predicted molar refractivity (Wildman–Crippen MR) is 224 cm³/mol. The average molecular weight is 811 g/mol. The van der Waals surface area contributed by atoms with Crippen molar-refractivity contribution in [2.45, 2.75) is 32.9 Å². The highest BCUT2D eigenvalue weighted by Gasteiger charge is 2.33. The Morgan fingerprint density at radius 1 is 0.930 bits per heavy atom. The van der Waals surface area contributed by atoms with Gasteiger partial charge in [-0.2, -0.15) is 0 Å². The molecule has 1 atom stereocenters. The standard InChI is InChI=1S/C27H22Cl2N4.C16H20FN3O4/c1-17(2)30-24-16-27-25(15-23(24)31-20-11-7-18(28)8-12-20)32-22-5-3-4-6-26(22)33(27)21-13-9-19(29)10-14-21;1-11(21)18-9-13-10-20(16(22)24-13)12-2-3-15(14(17)8-12)19-4-6-23-7-5-19/h3-17,31H,1-2H3;2-3,8,13H,4-7,9-10H2,1H3,(H,18,21)/t;13-/m.0/s1. The first-order valence-corrected chi connectivity index (χ1v) is 19.4. The Morgan fingerprint density at radius 2 is 1.61 bits per heavy atom. The highest BCUT2D eigenvalue weighted by molar-refractivity contribution is 6.30. The van der Waals surface area contributed by atoms with Gasteiger partial charge in [-0.1, -0.05) is 35.3 Å². The van der Waals surface area contributed by atoms with Gasteiger partial charge in [0, 0.05) is 47.5 Å². The van der Waals surface area contributed by atoms with Crippen molar-refractivity contribution in [3.63, 3.8) is 0 Å². The van der Waals surface area contributed by atoms with Crippen molar-refractivity contribution in [2.24, 2.45) is 4.99 Å². The molecule has 0 bridgehead atoms. The van der Waals surface area contributed by atoms with Gasteiger partial charge >= 0.3 is 6.09 Å². The normalized spacial score (nSPS) is 15.8. The zero-order chi connectivity index (χ0) is 40.1. The maximum absolute atomic E-state index is 14.4. The largest absolute Gasteiger partial charge is 0.442 e. The molecule has 2 saturated heterocycles. The fourth-order valence-corrected chi connectivity index (χ4v) is 6.96. The number of ether oxygens (including phenoxy) is 2. The van der Waals surface area contributed by atoms with Crippen LogP contribution in [0.3, 0.4) is 0 Å². The molecule has 0 saturated carbocycles. The number of carbonyl (C=O) groups is 2. The van der Waals surface area contributed by atoms with Crippen LogP contribution in [-0.4, -0.2) is 73.1 Å². The summed E-state index contributed by atoms with van der Waals surface area (Å²) in [6, 6.07) is 32.6. The molecule has 3 heterocycles. The highest BCUT2D eigenvalue weighted by atomic mass is 35.5. The number of benzene rings is 5. The van der Waals surface area contributed by atoms with Gasteiger partial charge in [0.15, 0.2) is 0 Å². The van der Waals surface area contributed by atoms with E-state index in [1.54, 1.807) is 12.1 Å². The fourth-order valence-electron chi connectivity index (χ4n) is 6.70. The molecule has 294 valence electrons. The van der Waals surface area contributed by atoms with Gasteiger partial charge in [-0.3, -0.25) is 14.7 Å². The van der Waals surface area contributed by atoms with Gasteiger partial charge in [0.05, 0.1) is 71.1 Å². The minimum atomic E-state index is -0.538. The molecule has 1 aliphatic carbocycles. The summed E-state index contributed by atoms with van der Waals surface area (Å²) in [4.78, 5) is 36.1. The van der Waals surface area contributed by atoms with E-state index >= 15 is 0 Å². The Labute approximate surface area is 340 Å². The van der Waals surface area contributed by atoms with Gasteiger partial charge in [-0.05, 0) is 105 Å². The van der Waals surface area contributed by atoms with Crippen LogP contribution in [0.5, 0.6) is 0 Å². The summed E-state index contributed by atoms with van der Waals surface area (Å²) in [7, 11) is 0. The molecule has 4 aliphatic rings. The highest BCUT2D eigenvalue weighted by Crippen LogP contribution is 2.32. The minimum absolute atomic E-state index is 0.130. The lowest BCUT2D eigenvalue weighted by molar-refractivity contribution is -0.119. The van der Waals surface area contributed by atoms with Crippen LogP contribution in [0.25, 0.3) is 28.1 Å². The van der Waals surface area contributed by atoms with Gasteiger partial charge in [0.2, 0.25) is 5.91 Å². The summed E-state index contributed by atoms with van der Waals surface area (Å²) >= 11 is 12.2. The van der Waals surface area contributed by atoms with E-state index < -0.39 is 12.2 Å². The number of cyclic esters (lactones) is 1. The summed E-state index contributed by atoms with van der Waals surface area (Å²) in [6.45, 7) is 8.48. The molecule has 2 amide bonds. The quantitative estimate of drug-likeness (QED) is 0.148. The molecule has 0 unspecified atom stereocenters. The van der Waals surface area contributed by atoms with Crippen LogP contribution in [0, 0.1) is 5.82 Å². The molecule has 3 aliphatic heterocycles. The molecule has 4 aromatic rings. The Morgan fingerprint density at radius 3 is 2.30 bits per heavy atom. The number of carbonyl (C=O) groups excluding carboxylic acids is 2. The Balaban J connectivity index is 0.000000183. The molecule has 2 N–H and O–H groups in total. The number of anilines is 4. The third-order valence-corrected chi connectivity index (χ3v) is 9.85. The van der Waals surface area contributed by atoms with E-state index in [2.05, 4.69) is 47.2 Å². The number of fused-ring (bicyclic) bond motifs is 2. The number of nitrogens with one attached hydrogen (secondary N) is 2. The second-order valence-electron chi connectivity index (χ2n) is 13.9. The van der Waals surface area contributed by atoms with E-state index in [4.69, 9.17) is 42.7 Å². The third kappa shape index (κ3) is 9.48. The van der Waals surface area contributed by atoms with Crippen LogP contribution >= 0.6 is 23.2 Å². The van der Waals surface area contributed by atoms with Crippen LogP contribution in [0.2, 0.25) is 10.0 Å². The second kappa shape index (κ2) is 17.6. The first kappa shape index (κ1) is 39.5. The molecule has 2 fully saturated rings. The third-order valence-electron chi connectivity index (χ3n) is 9.35. The number of morpholine rings is 1. The molecule has 0 aromatic heterocycles. The Hall–Kier alpha value is -5.69. The number of halogens is 3. The summed E-state index contributed by atoms with van der Waals surface area (Å²) in [5, 5.41) is 8.37. The summed E-state index contributed by atoms with van der Waals surface area (Å²) in [5.74, 6) is -0.571. The Kier molecular flexibility index (Phi) is 12.2. The lowest BCUT2D eigenvalue weighted by atomic mass is 10.1. The zero-order valence-electron chi connectivity index (χ0n) is 31.7. The number of hydrogen-bond acceptors (Lipinski definition) is 8. The molecule has 14 heteroatoms. The molecule has 11 nitrogen and oxygen atoms in total. The van der Waals surface area contributed by atoms with Crippen molar-refractivity contribution in [3.8, 4) is 17.1 Å². The lowest BCUT2D eigenvalue weighted by Gasteiger charge is -2.29. The smallest absolute Gasteiger partial charge is 0.414 e. The van der Waals surface area contributed by atoms with Crippen molar-refractivity contribution in [3.05, 3.63) is 124 Å². The molecule has 57 heavy (non-hydrogen) atoms. The maximum Gasteiger partial charge on any atom is 0.414 e. The average Bonchev–Trinajstić information content (AvgIpc) is 3.58. The minimum Gasteiger partial charge on any atom is -0.442 e. The van der Waals surface area contributed by atoms with Crippen molar-refractivity contribution in [1.82, 2.24) is 14.9 Å². The molecular weight excluding hydrogens is 768 g/mol. The number of nitrogens with zero attached hydrogens (tertiary/aromatic N) is 5. The van der Waals surface area contributed by atoms with Crippen LogP contribution in [0.1, 0.15) is 20.8 Å². The zero-order valence-corrected chi connectivity index (χ0v) is 33.2. The van der Waals surface area contributed by atoms with Crippen LogP contribution < -0.4 is 25.8 Å². The van der Waals surface area contributed by atoms with E-state index in [0.717, 1.165) is 44.8 Å². The van der Waals surface area contributed by atoms with Crippen molar-refractivity contribution >= 4 is 69.0 Å². The number of rotatable bonds is 8. The van der Waals surface area contributed by atoms with Crippen LogP contribution in [-0.2, 0) is 14.3 Å². The lowest BCUT2D eigenvalue weighted by Crippen LogP contribution is -2.36. The van der Waals surface area contributed by atoms with E-state index in [1.807, 2.05) is 71.6 Å². The topological polar surface area (TPSA) is 113 Å². The van der Waals surface area contributed by atoms with Gasteiger partial charge in [-0.25, -0.2) is 14.2 Å². The van der Waals surface area contributed by atoms with E-state index in [-0.39, 0.29) is 30.9 Å². The van der Waals surface area contributed by atoms with Crippen molar-refractivity contribution < 1.29 is 23.5 Å². The predicted octanol–water partition coefficient (Wildman–Crippen LogP) is 8.61. The maximum atomic E-state index is 14.4. The molecule has 0 spiro atoms. The van der Waals surface area contributed by atoms with E-state index in [9.17, 15) is 14.0 Å². The number of amides is 2. The summed E-state index contributed by atoms with van der Waals surface area (Å²) in [6.07, 6.45) is -0.979. The van der Waals surface area contributed by atoms with Crippen LogP contribution in [0.4, 0.5) is 31.9 Å². The van der Waals surface area contributed by atoms with Gasteiger partial charge in [0.25, 0.3) is 0 Å².